The number of likely N-dealkylation sites (tertiary alicyclic amines) is 1. The van der Waals surface area contributed by atoms with E-state index >= 15 is 0 Å². The molecule has 1 aliphatic rings. The van der Waals surface area contributed by atoms with E-state index in [9.17, 15) is 4.79 Å². The van der Waals surface area contributed by atoms with Gasteiger partial charge in [0.15, 0.2) is 0 Å². The molecule has 3 rings (SSSR count). The van der Waals surface area contributed by atoms with Gasteiger partial charge in [-0.05, 0) is 36.8 Å². The van der Waals surface area contributed by atoms with E-state index < -0.39 is 0 Å². The maximum atomic E-state index is 12.6. The highest BCUT2D eigenvalue weighted by molar-refractivity contribution is 6.05. The second-order valence-corrected chi connectivity index (χ2v) is 5.98. The number of hydrogen-bond acceptors (Lipinski definition) is 2. The lowest BCUT2D eigenvalue weighted by Crippen LogP contribution is -2.39. The van der Waals surface area contributed by atoms with Crippen LogP contribution in [0.3, 0.4) is 0 Å². The number of aromatic amines is 1. The van der Waals surface area contributed by atoms with Crippen molar-refractivity contribution in [2.45, 2.75) is 26.7 Å². The van der Waals surface area contributed by atoms with Gasteiger partial charge in [0.25, 0.3) is 5.91 Å². The molecule has 1 saturated heterocycles. The van der Waals surface area contributed by atoms with Crippen LogP contribution in [0, 0.1) is 11.8 Å². The number of pyridine rings is 1. The summed E-state index contributed by atoms with van der Waals surface area (Å²) in [6, 6.07) is 3.82. The van der Waals surface area contributed by atoms with E-state index in [1.54, 1.807) is 12.4 Å². The number of H-pyrrole nitrogens is 1. The smallest absolute Gasteiger partial charge is 0.256 e. The van der Waals surface area contributed by atoms with Crippen LogP contribution in [0.15, 0.2) is 24.5 Å². The molecule has 0 saturated carbocycles. The molecule has 1 aliphatic heterocycles. The Morgan fingerprint density at radius 1 is 1.40 bits per heavy atom. The predicted octanol–water partition coefficient (Wildman–Crippen LogP) is 3.07. The first-order valence-corrected chi connectivity index (χ1v) is 7.38. The molecule has 4 nitrogen and oxygen atoms in total. The zero-order valence-electron chi connectivity index (χ0n) is 12.1. The average molecular weight is 271 g/mol. The third kappa shape index (κ3) is 2.30. The molecular weight excluding hydrogens is 250 g/mol. The SMILES string of the molecule is CC(C)C1CCN(C(=O)c2c[nH]c3ncccc23)CC1. The van der Waals surface area contributed by atoms with E-state index in [1.807, 2.05) is 17.0 Å². The lowest BCUT2D eigenvalue weighted by Gasteiger charge is -2.33. The van der Waals surface area contributed by atoms with Gasteiger partial charge in [0.2, 0.25) is 0 Å². The summed E-state index contributed by atoms with van der Waals surface area (Å²) in [4.78, 5) is 21.9. The predicted molar refractivity (Wildman–Crippen MR) is 79.6 cm³/mol. The Bertz CT molecular complexity index is 609. The van der Waals surface area contributed by atoms with Crippen LogP contribution < -0.4 is 0 Å². The van der Waals surface area contributed by atoms with Crippen molar-refractivity contribution in [3.05, 3.63) is 30.1 Å². The molecular formula is C16H21N3O. The highest BCUT2D eigenvalue weighted by atomic mass is 16.2. The van der Waals surface area contributed by atoms with Gasteiger partial charge in [-0.25, -0.2) is 4.98 Å². The normalized spacial score (nSPS) is 17.1. The van der Waals surface area contributed by atoms with E-state index in [1.165, 1.54) is 0 Å². The van der Waals surface area contributed by atoms with Crippen molar-refractivity contribution in [3.8, 4) is 0 Å². The number of amides is 1. The molecule has 1 fully saturated rings. The fourth-order valence-corrected chi connectivity index (χ4v) is 3.07. The van der Waals surface area contributed by atoms with Gasteiger partial charge >= 0.3 is 0 Å². The molecule has 2 aromatic rings. The van der Waals surface area contributed by atoms with Crippen LogP contribution in [0.2, 0.25) is 0 Å². The molecule has 20 heavy (non-hydrogen) atoms. The summed E-state index contributed by atoms with van der Waals surface area (Å²) in [6.45, 7) is 6.28. The minimum atomic E-state index is 0.131. The molecule has 2 aromatic heterocycles. The Morgan fingerprint density at radius 2 is 2.15 bits per heavy atom. The molecule has 0 radical (unpaired) electrons. The van der Waals surface area contributed by atoms with Gasteiger partial charge < -0.3 is 9.88 Å². The van der Waals surface area contributed by atoms with Crippen LogP contribution in [0.4, 0.5) is 0 Å². The number of carbonyl (C=O) groups is 1. The summed E-state index contributed by atoms with van der Waals surface area (Å²) in [6.07, 6.45) is 5.75. The van der Waals surface area contributed by atoms with Gasteiger partial charge in [0.05, 0.1) is 5.56 Å². The van der Waals surface area contributed by atoms with Crippen molar-refractivity contribution in [3.63, 3.8) is 0 Å². The number of aromatic nitrogens is 2. The summed E-state index contributed by atoms with van der Waals surface area (Å²) in [5.41, 5.74) is 1.53. The number of carbonyl (C=O) groups excluding carboxylic acids is 1. The van der Waals surface area contributed by atoms with Crippen molar-refractivity contribution in [1.82, 2.24) is 14.9 Å². The Kier molecular flexibility index (Phi) is 3.47. The summed E-state index contributed by atoms with van der Waals surface area (Å²) in [5.74, 6) is 1.60. The summed E-state index contributed by atoms with van der Waals surface area (Å²) < 4.78 is 0. The average Bonchev–Trinajstić information content (AvgIpc) is 2.90. The first-order valence-electron chi connectivity index (χ1n) is 7.38. The quantitative estimate of drug-likeness (QED) is 0.912. The number of fused-ring (bicyclic) bond motifs is 1. The van der Waals surface area contributed by atoms with Crippen molar-refractivity contribution < 1.29 is 4.79 Å². The first kappa shape index (κ1) is 13.2. The molecule has 1 amide bonds. The van der Waals surface area contributed by atoms with Crippen LogP contribution in [-0.2, 0) is 0 Å². The number of rotatable bonds is 2. The van der Waals surface area contributed by atoms with Gasteiger partial charge in [-0.3, -0.25) is 4.79 Å². The standard InChI is InChI=1S/C16H21N3O/c1-11(2)12-5-8-19(9-6-12)16(20)14-10-18-15-13(14)4-3-7-17-15/h3-4,7,10-12H,5-6,8-9H2,1-2H3,(H,17,18). The third-order valence-electron chi connectivity index (χ3n) is 4.45. The monoisotopic (exact) mass is 271 g/mol. The molecule has 0 unspecified atom stereocenters. The number of nitrogens with zero attached hydrogens (tertiary/aromatic N) is 2. The van der Waals surface area contributed by atoms with Crippen molar-refractivity contribution in [2.75, 3.05) is 13.1 Å². The van der Waals surface area contributed by atoms with E-state index in [-0.39, 0.29) is 5.91 Å². The molecule has 0 bridgehead atoms. The van der Waals surface area contributed by atoms with E-state index in [0.29, 0.717) is 5.92 Å². The minimum absolute atomic E-state index is 0.131. The number of piperidine rings is 1. The van der Waals surface area contributed by atoms with Gasteiger partial charge in [0, 0.05) is 30.9 Å². The van der Waals surface area contributed by atoms with E-state index in [4.69, 9.17) is 0 Å². The maximum absolute atomic E-state index is 12.6. The molecule has 106 valence electrons. The minimum Gasteiger partial charge on any atom is -0.345 e. The molecule has 4 heteroatoms. The second-order valence-electron chi connectivity index (χ2n) is 5.98. The zero-order chi connectivity index (χ0) is 14.1. The van der Waals surface area contributed by atoms with Gasteiger partial charge in [-0.2, -0.15) is 0 Å². The van der Waals surface area contributed by atoms with Crippen LogP contribution in [0.25, 0.3) is 11.0 Å². The Balaban J connectivity index is 1.77. The van der Waals surface area contributed by atoms with E-state index in [2.05, 4.69) is 23.8 Å². The van der Waals surface area contributed by atoms with Gasteiger partial charge in [-0.15, -0.1) is 0 Å². The fourth-order valence-electron chi connectivity index (χ4n) is 3.07. The molecule has 1 N–H and O–H groups in total. The van der Waals surface area contributed by atoms with Crippen LogP contribution in [0.5, 0.6) is 0 Å². The van der Waals surface area contributed by atoms with Gasteiger partial charge in [-0.1, -0.05) is 13.8 Å². The second kappa shape index (κ2) is 5.27. The Hall–Kier alpha value is -1.84. The van der Waals surface area contributed by atoms with Crippen LogP contribution in [-0.4, -0.2) is 33.9 Å². The van der Waals surface area contributed by atoms with E-state index in [0.717, 1.165) is 48.4 Å². The lowest BCUT2D eigenvalue weighted by molar-refractivity contribution is 0.0670. The highest BCUT2D eigenvalue weighted by Gasteiger charge is 2.26. The van der Waals surface area contributed by atoms with Crippen molar-refractivity contribution in [1.29, 1.82) is 0 Å². The summed E-state index contributed by atoms with van der Waals surface area (Å²) in [7, 11) is 0. The Morgan fingerprint density at radius 3 is 2.85 bits per heavy atom. The molecule has 0 spiro atoms. The first-order chi connectivity index (χ1) is 9.66. The topological polar surface area (TPSA) is 49.0 Å². The molecule has 3 heterocycles. The number of nitrogens with one attached hydrogen (secondary N) is 1. The molecule has 0 aromatic carbocycles. The maximum Gasteiger partial charge on any atom is 0.256 e. The zero-order valence-corrected chi connectivity index (χ0v) is 12.1. The number of hydrogen-bond donors (Lipinski definition) is 1. The Labute approximate surface area is 119 Å². The summed E-state index contributed by atoms with van der Waals surface area (Å²) in [5, 5.41) is 0.920. The highest BCUT2D eigenvalue weighted by Crippen LogP contribution is 2.26. The largest absolute Gasteiger partial charge is 0.345 e. The van der Waals surface area contributed by atoms with Crippen molar-refractivity contribution >= 4 is 16.9 Å². The fraction of sp³-hybridized carbons (Fsp3) is 0.500. The van der Waals surface area contributed by atoms with Crippen molar-refractivity contribution in [2.24, 2.45) is 11.8 Å². The van der Waals surface area contributed by atoms with Crippen LogP contribution >= 0.6 is 0 Å². The lowest BCUT2D eigenvalue weighted by atomic mass is 9.86. The molecule has 0 atom stereocenters. The van der Waals surface area contributed by atoms with Crippen LogP contribution in [0.1, 0.15) is 37.0 Å². The third-order valence-corrected chi connectivity index (χ3v) is 4.45. The molecule has 0 aliphatic carbocycles. The summed E-state index contributed by atoms with van der Waals surface area (Å²) >= 11 is 0. The van der Waals surface area contributed by atoms with Gasteiger partial charge in [0.1, 0.15) is 5.65 Å².